The minimum absolute atomic E-state index is 0.282. The van der Waals surface area contributed by atoms with Crippen LogP contribution in [0.25, 0.3) is 0 Å². The summed E-state index contributed by atoms with van der Waals surface area (Å²) in [5.74, 6) is -0.481. The lowest BCUT2D eigenvalue weighted by molar-refractivity contribution is 0.357. The van der Waals surface area contributed by atoms with Gasteiger partial charge < -0.3 is 0 Å². The number of halogens is 1. The van der Waals surface area contributed by atoms with Gasteiger partial charge in [0.05, 0.1) is 0 Å². The molecule has 1 aromatic carbocycles. The van der Waals surface area contributed by atoms with Gasteiger partial charge in [0.2, 0.25) is 10.0 Å². The van der Waals surface area contributed by atoms with Crippen molar-refractivity contribution in [2.24, 2.45) is 5.92 Å². The Morgan fingerprint density at radius 1 is 1.30 bits per heavy atom. The molecule has 0 unspecified atom stereocenters. The number of rotatable bonds is 4. The molecule has 0 spiro atoms. The van der Waals surface area contributed by atoms with Crippen molar-refractivity contribution in [1.29, 1.82) is 5.26 Å². The Morgan fingerprint density at radius 2 is 2.00 bits per heavy atom. The minimum atomic E-state index is -3.84. The van der Waals surface area contributed by atoms with Gasteiger partial charge in [-0.3, -0.25) is 0 Å². The summed E-state index contributed by atoms with van der Waals surface area (Å²) >= 11 is 0. The van der Waals surface area contributed by atoms with E-state index in [4.69, 9.17) is 5.26 Å². The van der Waals surface area contributed by atoms with Crippen molar-refractivity contribution in [3.63, 3.8) is 0 Å². The molecular weight excluding hydrogens is 279 g/mol. The number of hydrogen-bond donors (Lipinski definition) is 1. The second-order valence-corrected chi connectivity index (χ2v) is 6.82. The number of benzene rings is 1. The number of hydrogen-bond acceptors (Lipinski definition) is 3. The molecule has 1 aliphatic rings. The Labute approximate surface area is 118 Å². The SMILES string of the molecule is N#Cc1c(F)cccc1S(=O)(=O)NCC1CCCCC1. The van der Waals surface area contributed by atoms with Gasteiger partial charge in [-0.2, -0.15) is 5.26 Å². The Bertz CT molecular complexity index is 617. The van der Waals surface area contributed by atoms with E-state index in [2.05, 4.69) is 4.72 Å². The predicted octanol–water partition coefficient (Wildman–Crippen LogP) is 2.56. The first-order valence-electron chi connectivity index (χ1n) is 6.73. The van der Waals surface area contributed by atoms with Crippen molar-refractivity contribution in [1.82, 2.24) is 4.72 Å². The summed E-state index contributed by atoms with van der Waals surface area (Å²) in [6, 6.07) is 5.25. The molecule has 2 rings (SSSR count). The molecule has 1 fully saturated rings. The Balaban J connectivity index is 2.14. The molecule has 0 amide bonds. The number of nitrogens with zero attached hydrogens (tertiary/aromatic N) is 1. The van der Waals surface area contributed by atoms with Crippen molar-refractivity contribution in [3.05, 3.63) is 29.6 Å². The molecule has 0 bridgehead atoms. The minimum Gasteiger partial charge on any atom is -0.211 e. The van der Waals surface area contributed by atoms with Gasteiger partial charge in [0.15, 0.2) is 0 Å². The van der Waals surface area contributed by atoms with Crippen molar-refractivity contribution < 1.29 is 12.8 Å². The number of nitrogens with one attached hydrogen (secondary N) is 1. The van der Waals surface area contributed by atoms with E-state index < -0.39 is 21.4 Å². The Hall–Kier alpha value is -1.45. The molecule has 4 nitrogen and oxygen atoms in total. The summed E-state index contributed by atoms with van der Waals surface area (Å²) in [5, 5.41) is 8.90. The standard InChI is InChI=1S/C14H17FN2O2S/c15-13-7-4-8-14(12(13)9-16)20(18,19)17-10-11-5-2-1-3-6-11/h4,7-8,11,17H,1-3,5-6,10H2. The van der Waals surface area contributed by atoms with Crippen molar-refractivity contribution in [2.45, 2.75) is 37.0 Å². The van der Waals surface area contributed by atoms with E-state index >= 15 is 0 Å². The summed E-state index contributed by atoms with van der Waals surface area (Å²) in [4.78, 5) is -0.282. The molecule has 0 aliphatic heterocycles. The zero-order chi connectivity index (χ0) is 14.6. The van der Waals surface area contributed by atoms with Gasteiger partial charge in [0.25, 0.3) is 0 Å². The van der Waals surface area contributed by atoms with Gasteiger partial charge in [-0.25, -0.2) is 17.5 Å². The topological polar surface area (TPSA) is 70.0 Å². The molecule has 1 aliphatic carbocycles. The smallest absolute Gasteiger partial charge is 0.211 e. The highest BCUT2D eigenvalue weighted by atomic mass is 32.2. The molecule has 0 saturated heterocycles. The molecule has 0 heterocycles. The normalized spacial score (nSPS) is 16.8. The summed E-state index contributed by atoms with van der Waals surface area (Å²) < 4.78 is 40.3. The third kappa shape index (κ3) is 3.35. The fraction of sp³-hybridized carbons (Fsp3) is 0.500. The lowest BCUT2D eigenvalue weighted by Gasteiger charge is -2.21. The van der Waals surface area contributed by atoms with Gasteiger partial charge in [0, 0.05) is 6.54 Å². The third-order valence-corrected chi connectivity index (χ3v) is 5.13. The second kappa shape index (κ2) is 6.33. The van der Waals surface area contributed by atoms with Crippen molar-refractivity contribution in [2.75, 3.05) is 6.54 Å². The van der Waals surface area contributed by atoms with Crippen molar-refractivity contribution >= 4 is 10.0 Å². The lowest BCUT2D eigenvalue weighted by atomic mass is 9.90. The van der Waals surface area contributed by atoms with E-state index in [1.54, 1.807) is 6.07 Å². The molecule has 20 heavy (non-hydrogen) atoms. The van der Waals surface area contributed by atoms with Gasteiger partial charge in [-0.15, -0.1) is 0 Å². The molecule has 1 aromatic rings. The van der Waals surface area contributed by atoms with Crippen LogP contribution in [0.15, 0.2) is 23.1 Å². The Morgan fingerprint density at radius 3 is 2.65 bits per heavy atom. The van der Waals surface area contributed by atoms with Crippen LogP contribution < -0.4 is 4.72 Å². The summed E-state index contributed by atoms with van der Waals surface area (Å²) in [6.07, 6.45) is 5.46. The maximum atomic E-state index is 13.5. The average molecular weight is 296 g/mol. The van der Waals surface area contributed by atoms with Crippen LogP contribution in [-0.2, 0) is 10.0 Å². The van der Waals surface area contributed by atoms with Gasteiger partial charge >= 0.3 is 0 Å². The first-order chi connectivity index (χ1) is 9.54. The van der Waals surface area contributed by atoms with E-state index in [0.29, 0.717) is 12.5 Å². The van der Waals surface area contributed by atoms with Crippen LogP contribution in [0, 0.1) is 23.1 Å². The summed E-state index contributed by atoms with van der Waals surface area (Å²) in [6.45, 7) is 0.351. The summed E-state index contributed by atoms with van der Waals surface area (Å²) in [7, 11) is -3.84. The Kier molecular flexibility index (Phi) is 4.73. The van der Waals surface area contributed by atoms with Crippen LogP contribution in [0.3, 0.4) is 0 Å². The van der Waals surface area contributed by atoms with Crippen LogP contribution in [0.1, 0.15) is 37.7 Å². The maximum Gasteiger partial charge on any atom is 0.242 e. The van der Waals surface area contributed by atoms with E-state index in [0.717, 1.165) is 31.7 Å². The zero-order valence-corrected chi connectivity index (χ0v) is 11.9. The van der Waals surface area contributed by atoms with Crippen LogP contribution in [-0.4, -0.2) is 15.0 Å². The fourth-order valence-corrected chi connectivity index (χ4v) is 3.81. The molecule has 0 aromatic heterocycles. The van der Waals surface area contributed by atoms with Crippen molar-refractivity contribution in [3.8, 4) is 6.07 Å². The molecular formula is C14H17FN2O2S. The van der Waals surface area contributed by atoms with Gasteiger partial charge in [-0.1, -0.05) is 25.3 Å². The van der Waals surface area contributed by atoms with E-state index in [1.165, 1.54) is 18.6 Å². The molecule has 0 radical (unpaired) electrons. The number of sulfonamides is 1. The van der Waals surface area contributed by atoms with Crippen LogP contribution in [0.2, 0.25) is 0 Å². The van der Waals surface area contributed by atoms with Crippen LogP contribution >= 0.6 is 0 Å². The highest BCUT2D eigenvalue weighted by Gasteiger charge is 2.23. The highest BCUT2D eigenvalue weighted by Crippen LogP contribution is 2.24. The zero-order valence-electron chi connectivity index (χ0n) is 11.1. The second-order valence-electron chi connectivity index (χ2n) is 5.08. The number of nitriles is 1. The monoisotopic (exact) mass is 296 g/mol. The molecule has 108 valence electrons. The maximum absolute atomic E-state index is 13.5. The third-order valence-electron chi connectivity index (χ3n) is 3.66. The molecule has 6 heteroatoms. The van der Waals surface area contributed by atoms with Crippen LogP contribution in [0.4, 0.5) is 4.39 Å². The van der Waals surface area contributed by atoms with E-state index in [-0.39, 0.29) is 4.90 Å². The van der Waals surface area contributed by atoms with Crippen LogP contribution in [0.5, 0.6) is 0 Å². The van der Waals surface area contributed by atoms with E-state index in [1.807, 2.05) is 0 Å². The highest BCUT2D eigenvalue weighted by molar-refractivity contribution is 7.89. The summed E-state index contributed by atoms with van der Waals surface area (Å²) in [5.41, 5.74) is -0.427. The quantitative estimate of drug-likeness (QED) is 0.928. The molecule has 0 atom stereocenters. The van der Waals surface area contributed by atoms with Gasteiger partial charge in [-0.05, 0) is 30.9 Å². The van der Waals surface area contributed by atoms with Gasteiger partial charge in [0.1, 0.15) is 22.3 Å². The van der Waals surface area contributed by atoms with E-state index in [9.17, 15) is 12.8 Å². The first kappa shape index (κ1) is 14.9. The largest absolute Gasteiger partial charge is 0.242 e. The predicted molar refractivity (Wildman–Crippen MR) is 72.9 cm³/mol. The molecule has 1 saturated carbocycles. The first-order valence-corrected chi connectivity index (χ1v) is 8.21. The average Bonchev–Trinajstić information content (AvgIpc) is 2.46. The molecule has 1 N–H and O–H groups in total. The lowest BCUT2D eigenvalue weighted by Crippen LogP contribution is -2.31. The fourth-order valence-electron chi connectivity index (χ4n) is 2.53.